The first-order valence-corrected chi connectivity index (χ1v) is 10.3. The normalized spacial score (nSPS) is 21.9. The fourth-order valence-corrected chi connectivity index (χ4v) is 5.25. The minimum atomic E-state index is -0.334. The van der Waals surface area contributed by atoms with Crippen molar-refractivity contribution in [2.45, 2.75) is 18.5 Å². The van der Waals surface area contributed by atoms with Crippen LogP contribution in [0.25, 0.3) is 10.9 Å². The third-order valence-electron chi connectivity index (χ3n) is 6.16. The van der Waals surface area contributed by atoms with Crippen LogP contribution in [-0.2, 0) is 11.2 Å². The highest BCUT2D eigenvalue weighted by Crippen LogP contribution is 2.46. The maximum Gasteiger partial charge on any atom is 0.252 e. The van der Waals surface area contributed by atoms with Gasteiger partial charge in [0, 0.05) is 29.6 Å². The van der Waals surface area contributed by atoms with Crippen LogP contribution in [0.5, 0.6) is 11.5 Å². The standard InChI is InChI=1S/C23H19N3O3S/c1-2-9-25-22(27)17-11-15-14-5-3-4-6-16(14)24-20(15)21(26(17)23(25)30)13-7-8-18-19(10-13)29-12-28-18/h2-8,10,17,21,24H,1,9,11-12H2/t17-,21-/m0/s1. The molecule has 3 aromatic rings. The first-order valence-electron chi connectivity index (χ1n) is 9.91. The van der Waals surface area contributed by atoms with Crippen LogP contribution in [0.4, 0.5) is 0 Å². The predicted octanol–water partition coefficient (Wildman–Crippen LogP) is 3.53. The van der Waals surface area contributed by atoms with Crippen LogP contribution in [0.1, 0.15) is 22.9 Å². The summed E-state index contributed by atoms with van der Waals surface area (Å²) in [6.07, 6.45) is 2.33. The number of aromatic nitrogens is 1. The lowest BCUT2D eigenvalue weighted by Gasteiger charge is -2.37. The molecule has 3 aliphatic rings. The van der Waals surface area contributed by atoms with Crippen LogP contribution < -0.4 is 9.47 Å². The number of benzene rings is 2. The number of nitrogens with zero attached hydrogens (tertiary/aromatic N) is 2. The number of H-pyrrole nitrogens is 1. The molecular weight excluding hydrogens is 398 g/mol. The molecule has 1 N–H and O–H groups in total. The van der Waals surface area contributed by atoms with Gasteiger partial charge in [-0.05, 0) is 41.5 Å². The van der Waals surface area contributed by atoms with E-state index in [0.717, 1.165) is 27.9 Å². The molecule has 30 heavy (non-hydrogen) atoms. The zero-order valence-electron chi connectivity index (χ0n) is 16.1. The lowest BCUT2D eigenvalue weighted by Crippen LogP contribution is -2.44. The Bertz CT molecular complexity index is 1230. The Hall–Kier alpha value is -3.32. The van der Waals surface area contributed by atoms with E-state index in [0.29, 0.717) is 23.8 Å². The molecule has 1 amide bonds. The van der Waals surface area contributed by atoms with Gasteiger partial charge in [0.05, 0.1) is 6.04 Å². The fourth-order valence-electron chi connectivity index (χ4n) is 4.86. The molecule has 0 aliphatic carbocycles. The molecule has 6 nitrogen and oxygen atoms in total. The van der Waals surface area contributed by atoms with E-state index in [-0.39, 0.29) is 24.8 Å². The highest BCUT2D eigenvalue weighted by molar-refractivity contribution is 7.80. The number of para-hydroxylation sites is 1. The Morgan fingerprint density at radius 1 is 1.20 bits per heavy atom. The molecule has 1 aromatic heterocycles. The second kappa shape index (κ2) is 6.34. The van der Waals surface area contributed by atoms with Crippen LogP contribution in [0.15, 0.2) is 55.1 Å². The fraction of sp³-hybridized carbons (Fsp3) is 0.217. The van der Waals surface area contributed by atoms with Crippen molar-refractivity contribution in [1.82, 2.24) is 14.8 Å². The van der Waals surface area contributed by atoms with E-state index >= 15 is 0 Å². The monoisotopic (exact) mass is 417 g/mol. The molecule has 0 saturated carbocycles. The molecule has 0 bridgehead atoms. The number of amides is 1. The number of ether oxygens (including phenoxy) is 2. The summed E-state index contributed by atoms with van der Waals surface area (Å²) < 4.78 is 11.1. The van der Waals surface area contributed by atoms with Gasteiger partial charge in [-0.3, -0.25) is 9.69 Å². The quantitative estimate of drug-likeness (QED) is 0.522. The summed E-state index contributed by atoms with van der Waals surface area (Å²) in [5.41, 5.74) is 4.32. The number of hydrogen-bond donors (Lipinski definition) is 1. The summed E-state index contributed by atoms with van der Waals surface area (Å²) in [6.45, 7) is 4.42. The van der Waals surface area contributed by atoms with E-state index in [1.54, 1.807) is 11.0 Å². The zero-order valence-corrected chi connectivity index (χ0v) is 16.9. The maximum absolute atomic E-state index is 13.3. The van der Waals surface area contributed by atoms with Crippen molar-refractivity contribution < 1.29 is 14.3 Å². The Kier molecular flexibility index (Phi) is 3.70. The van der Waals surface area contributed by atoms with E-state index in [9.17, 15) is 4.79 Å². The van der Waals surface area contributed by atoms with Gasteiger partial charge >= 0.3 is 0 Å². The van der Waals surface area contributed by atoms with E-state index in [1.165, 1.54) is 5.56 Å². The van der Waals surface area contributed by atoms with Gasteiger partial charge in [-0.2, -0.15) is 0 Å². The first kappa shape index (κ1) is 17.5. The second-order valence-electron chi connectivity index (χ2n) is 7.73. The molecule has 0 unspecified atom stereocenters. The van der Waals surface area contributed by atoms with Gasteiger partial charge in [-0.1, -0.05) is 30.3 Å². The second-order valence-corrected chi connectivity index (χ2v) is 8.09. The summed E-state index contributed by atoms with van der Waals surface area (Å²) in [5, 5.41) is 1.69. The summed E-state index contributed by atoms with van der Waals surface area (Å²) in [5.74, 6) is 1.48. The molecule has 0 radical (unpaired) electrons. The molecule has 3 aliphatic heterocycles. The number of carbonyl (C=O) groups excluding carboxylic acids is 1. The highest BCUT2D eigenvalue weighted by Gasteiger charge is 2.50. The summed E-state index contributed by atoms with van der Waals surface area (Å²) in [7, 11) is 0. The first-order chi connectivity index (χ1) is 14.7. The minimum absolute atomic E-state index is 0.0292. The number of rotatable bonds is 3. The molecule has 0 spiro atoms. The number of aromatic amines is 1. The number of hydrogen-bond acceptors (Lipinski definition) is 4. The lowest BCUT2D eigenvalue weighted by molar-refractivity contribution is -0.128. The molecule has 150 valence electrons. The van der Waals surface area contributed by atoms with Gasteiger partial charge in [0.15, 0.2) is 16.6 Å². The van der Waals surface area contributed by atoms with Crippen molar-refractivity contribution in [2.75, 3.05) is 13.3 Å². The molecule has 1 saturated heterocycles. The van der Waals surface area contributed by atoms with E-state index in [2.05, 4.69) is 28.6 Å². The van der Waals surface area contributed by atoms with Crippen LogP contribution >= 0.6 is 12.2 Å². The number of carbonyl (C=O) groups is 1. The third-order valence-corrected chi connectivity index (χ3v) is 6.59. The molecular formula is C23H19N3O3S. The summed E-state index contributed by atoms with van der Waals surface area (Å²) >= 11 is 5.78. The van der Waals surface area contributed by atoms with Crippen molar-refractivity contribution in [1.29, 1.82) is 0 Å². The summed E-state index contributed by atoms with van der Waals surface area (Å²) in [6, 6.07) is 13.6. The van der Waals surface area contributed by atoms with Crippen LogP contribution in [0.2, 0.25) is 0 Å². The SMILES string of the molecule is C=CCN1C(=O)[C@@H]2Cc3c([nH]c4ccccc34)[C@H](c3ccc4c(c3)OCO4)N2C1=S. The highest BCUT2D eigenvalue weighted by atomic mass is 32.1. The number of fused-ring (bicyclic) bond motifs is 5. The number of nitrogens with one attached hydrogen (secondary N) is 1. The van der Waals surface area contributed by atoms with E-state index in [1.807, 2.05) is 30.3 Å². The zero-order chi connectivity index (χ0) is 20.4. The molecule has 1 fully saturated rings. The predicted molar refractivity (Wildman–Crippen MR) is 117 cm³/mol. The smallest absolute Gasteiger partial charge is 0.252 e. The van der Waals surface area contributed by atoms with Gasteiger partial charge in [-0.25, -0.2) is 0 Å². The Labute approximate surface area is 178 Å². The van der Waals surface area contributed by atoms with Crippen LogP contribution in [0, 0.1) is 0 Å². The third kappa shape index (κ3) is 2.29. The average molecular weight is 417 g/mol. The van der Waals surface area contributed by atoms with E-state index in [4.69, 9.17) is 21.7 Å². The maximum atomic E-state index is 13.3. The van der Waals surface area contributed by atoms with Gasteiger partial charge in [0.25, 0.3) is 5.91 Å². The Balaban J connectivity index is 1.57. The Morgan fingerprint density at radius 2 is 2.03 bits per heavy atom. The van der Waals surface area contributed by atoms with Crippen molar-refractivity contribution in [3.05, 3.63) is 71.9 Å². The molecule has 7 heteroatoms. The van der Waals surface area contributed by atoms with Gasteiger partial charge in [0.2, 0.25) is 6.79 Å². The number of thiocarbonyl (C=S) groups is 1. The van der Waals surface area contributed by atoms with Crippen molar-refractivity contribution in [2.24, 2.45) is 0 Å². The molecule has 6 rings (SSSR count). The minimum Gasteiger partial charge on any atom is -0.454 e. The Morgan fingerprint density at radius 3 is 2.90 bits per heavy atom. The van der Waals surface area contributed by atoms with Crippen molar-refractivity contribution in [3.63, 3.8) is 0 Å². The van der Waals surface area contributed by atoms with Crippen molar-refractivity contribution in [3.8, 4) is 11.5 Å². The van der Waals surface area contributed by atoms with Gasteiger partial charge < -0.3 is 19.4 Å². The largest absolute Gasteiger partial charge is 0.454 e. The van der Waals surface area contributed by atoms with E-state index < -0.39 is 0 Å². The molecule has 4 heterocycles. The van der Waals surface area contributed by atoms with Crippen LogP contribution in [-0.4, -0.2) is 45.2 Å². The van der Waals surface area contributed by atoms with Gasteiger partial charge in [-0.15, -0.1) is 6.58 Å². The topological polar surface area (TPSA) is 57.8 Å². The van der Waals surface area contributed by atoms with Crippen LogP contribution in [0.3, 0.4) is 0 Å². The summed E-state index contributed by atoms with van der Waals surface area (Å²) in [4.78, 5) is 20.6. The molecule has 2 aromatic carbocycles. The molecule has 2 atom stereocenters. The van der Waals surface area contributed by atoms with Crippen molar-refractivity contribution >= 4 is 34.1 Å². The van der Waals surface area contributed by atoms with Gasteiger partial charge in [0.1, 0.15) is 6.04 Å². The lowest BCUT2D eigenvalue weighted by atomic mass is 9.89. The average Bonchev–Trinajstić information content (AvgIpc) is 3.44.